The van der Waals surface area contributed by atoms with E-state index < -0.39 is 62.4 Å². The van der Waals surface area contributed by atoms with Gasteiger partial charge in [0.1, 0.15) is 12.2 Å². The van der Waals surface area contributed by atoms with Crippen LogP contribution in [-0.4, -0.2) is 68.1 Å². The van der Waals surface area contributed by atoms with Crippen LogP contribution in [0.5, 0.6) is 0 Å². The van der Waals surface area contributed by atoms with E-state index in [4.69, 9.17) is 19.0 Å². The second kappa shape index (κ2) is 12.0. The van der Waals surface area contributed by atoms with E-state index in [1.54, 1.807) is 6.07 Å². The number of ketones is 1. The van der Waals surface area contributed by atoms with Gasteiger partial charge in [0.2, 0.25) is 0 Å². The molecule has 1 fully saturated rings. The number of nitrogens with zero attached hydrogens (tertiary/aromatic N) is 4. The van der Waals surface area contributed by atoms with E-state index in [1.807, 2.05) is 38.4 Å². The van der Waals surface area contributed by atoms with Crippen molar-refractivity contribution >= 4 is 20.2 Å². The Morgan fingerprint density at radius 3 is 2.38 bits per heavy atom. The molecule has 2 aliphatic heterocycles. The molecule has 13 heteroatoms. The molecule has 3 heterocycles. The van der Waals surface area contributed by atoms with Gasteiger partial charge in [-0.3, -0.25) is 19.0 Å². The Morgan fingerprint density at radius 2 is 1.77 bits per heavy atom. The molecule has 5 atom stereocenters. The highest BCUT2D eigenvalue weighted by molar-refractivity contribution is 7.44. The summed E-state index contributed by atoms with van der Waals surface area (Å²) < 4.78 is 22.0. The Kier molecular flexibility index (Phi) is 8.91. The van der Waals surface area contributed by atoms with Crippen molar-refractivity contribution in [1.29, 1.82) is 5.26 Å². The number of nitriles is 1. The fourth-order valence-electron chi connectivity index (χ4n) is 4.99. The number of ether oxygens (including phenoxy) is 1. The molecule has 1 N–H and O–H groups in total. The summed E-state index contributed by atoms with van der Waals surface area (Å²) in [5.41, 5.74) is -1.92. The zero-order chi connectivity index (χ0) is 28.4. The second-order valence-electron chi connectivity index (χ2n) is 9.78. The summed E-state index contributed by atoms with van der Waals surface area (Å²) in [4.78, 5) is 53.4. The molecule has 208 valence electrons. The molecule has 2 aromatic rings. The number of aromatic nitrogens is 2. The third-order valence-corrected chi connectivity index (χ3v) is 8.74. The Bertz CT molecular complexity index is 1390. The quantitative estimate of drug-likeness (QED) is 0.357. The number of fused-ring (bicyclic) bond motifs is 5. The minimum Gasteiger partial charge on any atom is -0.394 e. The molecule has 2 aliphatic rings. The van der Waals surface area contributed by atoms with Crippen LogP contribution in [0.2, 0.25) is 0 Å². The van der Waals surface area contributed by atoms with Gasteiger partial charge in [-0.25, -0.2) is 9.46 Å². The van der Waals surface area contributed by atoms with Crippen molar-refractivity contribution in [3.05, 3.63) is 68.5 Å². The molecule has 1 unspecified atom stereocenters. The van der Waals surface area contributed by atoms with Crippen molar-refractivity contribution < 1.29 is 28.5 Å². The number of Topliss-reactive ketones (excluding diaryl/α,β-unsaturated/α-hetero) is 1. The van der Waals surface area contributed by atoms with E-state index in [0.29, 0.717) is 4.57 Å². The van der Waals surface area contributed by atoms with Crippen LogP contribution in [-0.2, 0) is 13.8 Å². The lowest BCUT2D eigenvalue weighted by molar-refractivity contribution is -0.0460. The number of aliphatic hydroxyl groups excluding tert-OH is 1. The predicted octanol–water partition coefficient (Wildman–Crippen LogP) is 2.06. The molecule has 2 bridgehead atoms. The lowest BCUT2D eigenvalue weighted by atomic mass is 9.88. The standard InChI is InChI=1S/C26H31N4O8P/c1-15(2)30(16(3)4)39(36-13-7-11-27)38-23-19(14-31)37-25-21(23)22(33)17-8-5-6-9-18(17)24(34)29-20(32)10-12-28(25)26(29)35/h5-6,8-10,12,15-16,19,21,23,25,31H,7,13-14H2,1-4H3/t19-,21-,23-,25-,39?/m1/s1. The van der Waals surface area contributed by atoms with Crippen molar-refractivity contribution in [2.75, 3.05) is 13.2 Å². The van der Waals surface area contributed by atoms with E-state index >= 15 is 0 Å². The van der Waals surface area contributed by atoms with Crippen molar-refractivity contribution in [2.45, 2.75) is 64.6 Å². The summed E-state index contributed by atoms with van der Waals surface area (Å²) in [6.45, 7) is 7.38. The van der Waals surface area contributed by atoms with Crippen LogP contribution in [0.4, 0.5) is 0 Å². The van der Waals surface area contributed by atoms with Gasteiger partial charge in [0.05, 0.1) is 37.2 Å². The molecule has 0 amide bonds. The number of rotatable bonds is 9. The predicted molar refractivity (Wildman–Crippen MR) is 140 cm³/mol. The van der Waals surface area contributed by atoms with Crippen LogP contribution in [0, 0.1) is 17.2 Å². The first-order valence-electron chi connectivity index (χ1n) is 12.7. The Labute approximate surface area is 226 Å². The Morgan fingerprint density at radius 1 is 1.10 bits per heavy atom. The molecule has 0 radical (unpaired) electrons. The molecular weight excluding hydrogens is 527 g/mol. The minimum absolute atomic E-state index is 0.00180. The molecule has 0 aliphatic carbocycles. The van der Waals surface area contributed by atoms with Crippen LogP contribution in [0.3, 0.4) is 0 Å². The SMILES string of the molecule is CC(C)N(C(C)C)P(OCCC#N)O[C@H]1[C@H]2C(=O)c3ccccc3C(=O)n3c(=O)ccn(c3=O)[C@@H]2O[C@@H]1CO. The molecule has 1 aromatic carbocycles. The lowest BCUT2D eigenvalue weighted by Gasteiger charge is -2.38. The highest BCUT2D eigenvalue weighted by Gasteiger charge is 2.53. The number of aliphatic hydroxyl groups is 1. The molecule has 1 aromatic heterocycles. The maximum atomic E-state index is 14.1. The third kappa shape index (κ3) is 5.39. The molecular formula is C26H31N4O8P. The number of hydrogen-bond acceptors (Lipinski definition) is 10. The van der Waals surface area contributed by atoms with Gasteiger partial charge in [-0.05, 0) is 33.8 Å². The molecule has 4 rings (SSSR count). The van der Waals surface area contributed by atoms with Crippen molar-refractivity contribution in [1.82, 2.24) is 13.8 Å². The number of carbonyl (C=O) groups excluding carboxylic acids is 2. The van der Waals surface area contributed by atoms with Gasteiger partial charge >= 0.3 is 5.69 Å². The molecule has 39 heavy (non-hydrogen) atoms. The van der Waals surface area contributed by atoms with E-state index in [1.165, 1.54) is 24.4 Å². The average molecular weight is 559 g/mol. The van der Waals surface area contributed by atoms with E-state index in [0.717, 1.165) is 10.6 Å². The minimum atomic E-state index is -1.85. The first-order valence-corrected chi connectivity index (χ1v) is 13.8. The van der Waals surface area contributed by atoms with Crippen LogP contribution in [0.1, 0.15) is 61.1 Å². The third-order valence-electron chi connectivity index (χ3n) is 6.61. The van der Waals surface area contributed by atoms with Gasteiger partial charge in [0.25, 0.3) is 20.0 Å². The normalized spacial score (nSPS) is 23.3. The highest BCUT2D eigenvalue weighted by Crippen LogP contribution is 2.51. The van der Waals surface area contributed by atoms with Gasteiger partial charge in [-0.1, -0.05) is 18.2 Å². The number of carbonyl (C=O) groups is 2. The van der Waals surface area contributed by atoms with E-state index in [9.17, 15) is 24.3 Å². The summed E-state index contributed by atoms with van der Waals surface area (Å²) in [7, 11) is -1.85. The highest BCUT2D eigenvalue weighted by atomic mass is 31.2. The number of hydrogen-bond donors (Lipinski definition) is 1. The summed E-state index contributed by atoms with van der Waals surface area (Å²) in [6.07, 6.45) is -2.11. The summed E-state index contributed by atoms with van der Waals surface area (Å²) in [5, 5.41) is 19.3. The van der Waals surface area contributed by atoms with Crippen molar-refractivity contribution in [3.8, 4) is 6.07 Å². The molecule has 0 spiro atoms. The molecule has 1 saturated heterocycles. The monoisotopic (exact) mass is 558 g/mol. The van der Waals surface area contributed by atoms with Crippen LogP contribution >= 0.6 is 8.53 Å². The lowest BCUT2D eigenvalue weighted by Crippen LogP contribution is -2.44. The fraction of sp³-hybridized carbons (Fsp3) is 0.500. The van der Waals surface area contributed by atoms with Crippen molar-refractivity contribution in [2.24, 2.45) is 5.92 Å². The van der Waals surface area contributed by atoms with Crippen LogP contribution in [0.15, 0.2) is 46.1 Å². The van der Waals surface area contributed by atoms with E-state index in [2.05, 4.69) is 0 Å². The zero-order valence-corrected chi connectivity index (χ0v) is 23.0. The first kappa shape index (κ1) is 29.0. The number of benzene rings is 1. The topological polar surface area (TPSA) is 153 Å². The first-order chi connectivity index (χ1) is 18.6. The molecule has 0 saturated carbocycles. The molecule has 12 nitrogen and oxygen atoms in total. The zero-order valence-electron chi connectivity index (χ0n) is 22.1. The van der Waals surface area contributed by atoms with Gasteiger partial charge in [0, 0.05) is 29.9 Å². The van der Waals surface area contributed by atoms with Crippen LogP contribution < -0.4 is 11.2 Å². The Hall–Kier alpha value is -3.04. The maximum Gasteiger partial charge on any atom is 0.340 e. The van der Waals surface area contributed by atoms with E-state index in [-0.39, 0.29) is 36.2 Å². The van der Waals surface area contributed by atoms with Gasteiger partial charge < -0.3 is 18.9 Å². The van der Waals surface area contributed by atoms with Gasteiger partial charge in [-0.15, -0.1) is 0 Å². The van der Waals surface area contributed by atoms with Gasteiger partial charge in [0.15, 0.2) is 12.0 Å². The largest absolute Gasteiger partial charge is 0.394 e. The Balaban J connectivity index is 1.88. The smallest absolute Gasteiger partial charge is 0.340 e. The summed E-state index contributed by atoms with van der Waals surface area (Å²) in [5.74, 6) is -2.64. The van der Waals surface area contributed by atoms with Crippen LogP contribution in [0.25, 0.3) is 0 Å². The fourth-order valence-corrected chi connectivity index (χ4v) is 6.77. The second-order valence-corrected chi connectivity index (χ2v) is 11.2. The van der Waals surface area contributed by atoms with Gasteiger partial charge in [-0.2, -0.15) is 9.83 Å². The summed E-state index contributed by atoms with van der Waals surface area (Å²) >= 11 is 0. The van der Waals surface area contributed by atoms with Crippen molar-refractivity contribution in [3.63, 3.8) is 0 Å². The maximum absolute atomic E-state index is 14.1. The summed E-state index contributed by atoms with van der Waals surface area (Å²) in [6, 6.07) is 8.95. The average Bonchev–Trinajstić information content (AvgIpc) is 3.25.